The Balaban J connectivity index is 0.818. The van der Waals surface area contributed by atoms with E-state index in [1.54, 1.807) is 29.2 Å². The summed E-state index contributed by atoms with van der Waals surface area (Å²) in [7, 11) is 1.41. The van der Waals surface area contributed by atoms with E-state index in [1.165, 1.54) is 31.6 Å². The molecule has 4 amide bonds. The van der Waals surface area contributed by atoms with E-state index in [0.29, 0.717) is 47.8 Å². The summed E-state index contributed by atoms with van der Waals surface area (Å²) < 4.78 is 34.9. The lowest BCUT2D eigenvalue weighted by Gasteiger charge is -2.40. The highest BCUT2D eigenvalue weighted by atomic mass is 19.1. The summed E-state index contributed by atoms with van der Waals surface area (Å²) in [6.45, 7) is 10.2. The summed E-state index contributed by atoms with van der Waals surface area (Å²) in [5.74, 6) is -1.20. The van der Waals surface area contributed by atoms with Crippen LogP contribution in [0.4, 0.5) is 37.5 Å². The van der Waals surface area contributed by atoms with Gasteiger partial charge in [-0.25, -0.2) is 18.7 Å². The first-order valence-corrected chi connectivity index (χ1v) is 23.0. The van der Waals surface area contributed by atoms with Gasteiger partial charge >= 0.3 is 0 Å². The molecule has 0 bridgehead atoms. The molecule has 16 nitrogen and oxygen atoms in total. The summed E-state index contributed by atoms with van der Waals surface area (Å²) in [4.78, 5) is 67.1. The highest BCUT2D eigenvalue weighted by Crippen LogP contribution is 2.33. The van der Waals surface area contributed by atoms with Gasteiger partial charge in [-0.15, -0.1) is 0 Å². The van der Waals surface area contributed by atoms with Crippen molar-refractivity contribution >= 4 is 58.0 Å². The number of allylic oxidation sites excluding steroid dienone is 3. The predicted octanol–water partition coefficient (Wildman–Crippen LogP) is 5.97. The van der Waals surface area contributed by atoms with Gasteiger partial charge in [0.1, 0.15) is 41.4 Å². The lowest BCUT2D eigenvalue weighted by molar-refractivity contribution is -0.136. The van der Waals surface area contributed by atoms with Gasteiger partial charge in [0.15, 0.2) is 0 Å². The number of fused-ring (bicyclic) bond motifs is 1. The van der Waals surface area contributed by atoms with Gasteiger partial charge in [-0.2, -0.15) is 0 Å². The van der Waals surface area contributed by atoms with Crippen LogP contribution in [0.2, 0.25) is 0 Å². The molecule has 356 valence electrons. The Morgan fingerprint density at radius 2 is 1.74 bits per heavy atom. The lowest BCUT2D eigenvalue weighted by Crippen LogP contribution is -2.52. The third-order valence-electron chi connectivity index (χ3n) is 13.3. The van der Waals surface area contributed by atoms with Crippen LogP contribution in [0, 0.1) is 23.0 Å². The number of piperidine rings is 2. The highest BCUT2D eigenvalue weighted by molar-refractivity contribution is 6.16. The number of aromatic nitrogens is 2. The molecule has 8 rings (SSSR count). The molecule has 6 N–H and O–H groups in total. The maximum Gasteiger partial charge on any atom is 0.255 e. The molecule has 3 aromatic carbocycles. The number of rotatable bonds is 15. The van der Waals surface area contributed by atoms with Crippen molar-refractivity contribution in [3.63, 3.8) is 0 Å². The summed E-state index contributed by atoms with van der Waals surface area (Å²) in [6.07, 6.45) is 7.76. The minimum absolute atomic E-state index is 0.0839. The topological polar surface area (TPSA) is 202 Å². The molecule has 0 saturated carbocycles. The van der Waals surface area contributed by atoms with Crippen LogP contribution in [0.25, 0.3) is 0 Å². The van der Waals surface area contributed by atoms with E-state index in [-0.39, 0.29) is 64.8 Å². The van der Waals surface area contributed by atoms with Gasteiger partial charge in [-0.3, -0.25) is 34.8 Å². The number of nitrogens with two attached hydrogens (primary N) is 1. The fourth-order valence-electron chi connectivity index (χ4n) is 9.40. The number of hydrogen-bond donors (Lipinski definition) is 5. The number of carbonyl (C=O) groups is 4. The largest absolute Gasteiger partial charge is 0.496 e. The molecule has 3 fully saturated rings. The molecular weight excluding hydrogens is 873 g/mol. The number of piperazine rings is 1. The monoisotopic (exact) mass is 929 g/mol. The number of nitrogens with zero attached hydrogens (tertiary/aromatic N) is 6. The van der Waals surface area contributed by atoms with Gasteiger partial charge in [0, 0.05) is 82.3 Å². The number of benzene rings is 3. The number of nitrogens with one attached hydrogen (secondary N) is 4. The minimum Gasteiger partial charge on any atom is -0.496 e. The molecule has 1 aromatic heterocycles. The molecule has 0 radical (unpaired) electrons. The van der Waals surface area contributed by atoms with Gasteiger partial charge in [0.05, 0.1) is 29.6 Å². The SMILES string of the molecule is CC/C(=C\C=C(/C)CNC(=O)c1cc(F)ccc1OC)C(=N)c1c(N)ncnc1Nc1ccc(N2CCC(CN3CCN(c4ccc5c(c4)CN(C4CCC(=O)NC4=O)C5=O)CC3)CC2)c(F)c1. The van der Waals surface area contributed by atoms with E-state index in [9.17, 15) is 23.6 Å². The first kappa shape index (κ1) is 47.3. The average molecular weight is 930 g/mol. The van der Waals surface area contributed by atoms with Crippen molar-refractivity contribution in [1.82, 2.24) is 30.4 Å². The number of anilines is 5. The molecule has 18 heteroatoms. The first-order chi connectivity index (χ1) is 32.8. The molecule has 0 aliphatic carbocycles. The van der Waals surface area contributed by atoms with E-state index in [2.05, 4.69) is 46.7 Å². The van der Waals surface area contributed by atoms with Crippen molar-refractivity contribution in [3.05, 3.63) is 118 Å². The van der Waals surface area contributed by atoms with Crippen LogP contribution in [-0.2, 0) is 16.1 Å². The van der Waals surface area contributed by atoms with Crippen molar-refractivity contribution in [2.45, 2.75) is 58.5 Å². The first-order valence-electron chi connectivity index (χ1n) is 23.0. The second-order valence-corrected chi connectivity index (χ2v) is 17.7. The highest BCUT2D eigenvalue weighted by Gasteiger charge is 2.39. The second kappa shape index (κ2) is 20.8. The van der Waals surface area contributed by atoms with Crippen LogP contribution in [0.1, 0.15) is 77.8 Å². The normalized spacial score (nSPS) is 18.4. The number of methoxy groups -OCH3 is 1. The summed E-state index contributed by atoms with van der Waals surface area (Å²) in [6, 6.07) is 14.0. The Bertz CT molecular complexity index is 2680. The van der Waals surface area contributed by atoms with Crippen LogP contribution >= 0.6 is 0 Å². The van der Waals surface area contributed by atoms with Crippen molar-refractivity contribution in [2.75, 3.05) is 80.3 Å². The Morgan fingerprint density at radius 1 is 0.956 bits per heavy atom. The fraction of sp³-hybridized carbons (Fsp3) is 0.380. The number of amides is 4. The van der Waals surface area contributed by atoms with Crippen LogP contribution < -0.4 is 36.2 Å². The van der Waals surface area contributed by atoms with Crippen LogP contribution in [0.15, 0.2) is 84.2 Å². The van der Waals surface area contributed by atoms with Crippen LogP contribution in [0.5, 0.6) is 5.75 Å². The van der Waals surface area contributed by atoms with E-state index >= 15 is 4.39 Å². The van der Waals surface area contributed by atoms with Gasteiger partial charge < -0.3 is 35.8 Å². The van der Waals surface area contributed by atoms with Crippen LogP contribution in [-0.4, -0.2) is 115 Å². The standard InChI is InChI=1S/C50H57F2N11O5/c1-4-32(6-5-30(2)26-55-48(65)38-24-34(51)7-13-42(38)68-3)45(53)44-46(54)56-29-57-47(44)58-35-8-11-40(39(52)25-35)62-17-15-31(16-18-62)27-60-19-21-61(22-20-60)36-9-10-37-33(23-36)28-63(50(37)67)41-12-14-43(64)59-49(41)66/h5-11,13,23-25,29,31,41,53H,4,12,14-22,26-28H2,1-3H3,(H,55,65)(H,59,64,66)(H3,54,56,57,58)/b30-5+,32-6+,53-45?. The van der Waals surface area contributed by atoms with Gasteiger partial charge in [-0.1, -0.05) is 24.6 Å². The number of hydrogen-bond acceptors (Lipinski definition) is 13. The van der Waals surface area contributed by atoms with E-state index in [0.717, 1.165) is 81.5 Å². The molecule has 3 saturated heterocycles. The van der Waals surface area contributed by atoms with Crippen molar-refractivity contribution in [3.8, 4) is 5.75 Å². The smallest absolute Gasteiger partial charge is 0.255 e. The molecule has 5 heterocycles. The van der Waals surface area contributed by atoms with Crippen molar-refractivity contribution in [1.29, 1.82) is 5.41 Å². The van der Waals surface area contributed by atoms with Gasteiger partial charge in [0.25, 0.3) is 11.8 Å². The third-order valence-corrected chi connectivity index (χ3v) is 13.3. The van der Waals surface area contributed by atoms with Crippen LogP contribution in [0.3, 0.4) is 0 Å². The number of ether oxygens (including phenoxy) is 1. The molecule has 1 unspecified atom stereocenters. The van der Waals surface area contributed by atoms with E-state index in [1.807, 2.05) is 26.0 Å². The Hall–Kier alpha value is -7.21. The van der Waals surface area contributed by atoms with Crippen molar-refractivity contribution in [2.24, 2.45) is 5.92 Å². The quantitative estimate of drug-likeness (QED) is 0.0532. The second-order valence-electron chi connectivity index (χ2n) is 17.7. The Kier molecular flexibility index (Phi) is 14.4. The Morgan fingerprint density at radius 3 is 2.46 bits per heavy atom. The van der Waals surface area contributed by atoms with E-state index < -0.39 is 23.7 Å². The minimum atomic E-state index is -0.633. The lowest BCUT2D eigenvalue weighted by atomic mass is 9.95. The van der Waals surface area contributed by atoms with Gasteiger partial charge in [-0.05, 0) is 104 Å². The molecule has 1 atom stereocenters. The predicted molar refractivity (Wildman–Crippen MR) is 256 cm³/mol. The third kappa shape index (κ3) is 10.5. The summed E-state index contributed by atoms with van der Waals surface area (Å²) in [5, 5.41) is 17.4. The molecule has 4 aliphatic heterocycles. The molecule has 68 heavy (non-hydrogen) atoms. The molecule has 0 spiro atoms. The maximum atomic E-state index is 15.9. The number of carbonyl (C=O) groups excluding carboxylic acids is 4. The zero-order valence-corrected chi connectivity index (χ0v) is 38.5. The number of imide groups is 1. The fourth-order valence-corrected chi connectivity index (χ4v) is 9.40. The van der Waals surface area contributed by atoms with Gasteiger partial charge in [0.2, 0.25) is 11.8 Å². The summed E-state index contributed by atoms with van der Waals surface area (Å²) >= 11 is 0. The van der Waals surface area contributed by atoms with Crippen molar-refractivity contribution < 1.29 is 32.7 Å². The number of halogens is 2. The zero-order chi connectivity index (χ0) is 48.1. The Labute approximate surface area is 394 Å². The zero-order valence-electron chi connectivity index (χ0n) is 38.5. The molecule has 4 aliphatic rings. The molecular formula is C50H57F2N11O5. The molecule has 4 aromatic rings. The average Bonchev–Trinajstić information content (AvgIpc) is 3.66. The maximum absolute atomic E-state index is 15.9. The number of nitrogen functional groups attached to an aromatic ring is 1. The summed E-state index contributed by atoms with van der Waals surface area (Å²) in [5.41, 5.74) is 11.7. The van der Waals surface area contributed by atoms with E-state index in [4.69, 9.17) is 15.9 Å².